The summed E-state index contributed by atoms with van der Waals surface area (Å²) in [6.07, 6.45) is 1.74. The van der Waals surface area contributed by atoms with Crippen molar-refractivity contribution in [2.75, 3.05) is 7.11 Å². The van der Waals surface area contributed by atoms with Gasteiger partial charge in [0, 0.05) is 11.1 Å². The van der Waals surface area contributed by atoms with Gasteiger partial charge in [0.1, 0.15) is 12.9 Å². The van der Waals surface area contributed by atoms with Gasteiger partial charge >= 0.3 is 0 Å². The second kappa shape index (κ2) is 5.83. The van der Waals surface area contributed by atoms with Gasteiger partial charge in [-0.15, -0.1) is 0 Å². The number of hydrogen-bond donors (Lipinski definition) is 0. The van der Waals surface area contributed by atoms with Crippen LogP contribution < -0.4 is 0 Å². The van der Waals surface area contributed by atoms with Gasteiger partial charge in [0.15, 0.2) is 0 Å². The third kappa shape index (κ3) is 2.71. The Morgan fingerprint density at radius 2 is 2.05 bits per heavy atom. The molecular formula is C17H18FN3O. The highest BCUT2D eigenvalue weighted by Gasteiger charge is 2.24. The SMILES string of the molecule is CO/N=C1\CC(C)Cc2nnc(-c3ccc(F)c(C)c3)cc21. The molecule has 0 saturated carbocycles. The molecule has 1 unspecified atom stereocenters. The van der Waals surface area contributed by atoms with E-state index in [-0.39, 0.29) is 5.82 Å². The Bertz CT molecular complexity index is 743. The van der Waals surface area contributed by atoms with E-state index >= 15 is 0 Å². The minimum atomic E-state index is -0.217. The molecule has 1 aliphatic carbocycles. The zero-order valence-electron chi connectivity index (χ0n) is 12.9. The number of aryl methyl sites for hydroxylation is 1. The first-order valence-corrected chi connectivity index (χ1v) is 7.32. The van der Waals surface area contributed by atoms with Crippen molar-refractivity contribution in [3.63, 3.8) is 0 Å². The van der Waals surface area contributed by atoms with Gasteiger partial charge in [-0.05, 0) is 55.5 Å². The molecule has 22 heavy (non-hydrogen) atoms. The van der Waals surface area contributed by atoms with Crippen LogP contribution in [0.2, 0.25) is 0 Å². The van der Waals surface area contributed by atoms with Gasteiger partial charge in [-0.25, -0.2) is 4.39 Å². The lowest BCUT2D eigenvalue weighted by Crippen LogP contribution is -2.21. The van der Waals surface area contributed by atoms with E-state index in [2.05, 4.69) is 22.3 Å². The fourth-order valence-corrected chi connectivity index (χ4v) is 2.80. The van der Waals surface area contributed by atoms with Crippen LogP contribution >= 0.6 is 0 Å². The molecule has 0 bridgehead atoms. The van der Waals surface area contributed by atoms with Crippen LogP contribution in [0, 0.1) is 18.7 Å². The average Bonchev–Trinajstić information content (AvgIpc) is 2.50. The second-order valence-electron chi connectivity index (χ2n) is 5.79. The number of oxime groups is 1. The highest BCUT2D eigenvalue weighted by atomic mass is 19.1. The van der Waals surface area contributed by atoms with Gasteiger partial charge in [0.05, 0.1) is 17.1 Å². The van der Waals surface area contributed by atoms with Crippen LogP contribution in [0.1, 0.15) is 30.2 Å². The van der Waals surface area contributed by atoms with Crippen LogP contribution in [0.25, 0.3) is 11.3 Å². The van der Waals surface area contributed by atoms with Gasteiger partial charge in [0.2, 0.25) is 0 Å². The van der Waals surface area contributed by atoms with E-state index in [0.29, 0.717) is 11.5 Å². The Kier molecular flexibility index (Phi) is 3.88. The van der Waals surface area contributed by atoms with E-state index in [1.165, 1.54) is 6.07 Å². The fraction of sp³-hybridized carbons (Fsp3) is 0.353. The monoisotopic (exact) mass is 299 g/mol. The van der Waals surface area contributed by atoms with Crippen molar-refractivity contribution in [2.24, 2.45) is 11.1 Å². The first kappa shape index (κ1) is 14.6. The van der Waals surface area contributed by atoms with Crippen molar-refractivity contribution >= 4 is 5.71 Å². The molecule has 0 fully saturated rings. The Morgan fingerprint density at radius 1 is 1.23 bits per heavy atom. The Balaban J connectivity index is 2.07. The summed E-state index contributed by atoms with van der Waals surface area (Å²) in [6, 6.07) is 6.93. The average molecular weight is 299 g/mol. The lowest BCUT2D eigenvalue weighted by Gasteiger charge is -2.21. The molecule has 1 atom stereocenters. The van der Waals surface area contributed by atoms with Crippen LogP contribution in [0.4, 0.5) is 4.39 Å². The smallest absolute Gasteiger partial charge is 0.126 e. The van der Waals surface area contributed by atoms with Gasteiger partial charge in [-0.3, -0.25) is 0 Å². The number of aromatic nitrogens is 2. The Labute approximate surface area is 129 Å². The summed E-state index contributed by atoms with van der Waals surface area (Å²) in [5.41, 5.74) is 4.98. The molecule has 1 heterocycles. The highest BCUT2D eigenvalue weighted by molar-refractivity contribution is 6.02. The van der Waals surface area contributed by atoms with Crippen molar-refractivity contribution in [1.29, 1.82) is 0 Å². The summed E-state index contributed by atoms with van der Waals surface area (Å²) in [5, 5.41) is 12.8. The van der Waals surface area contributed by atoms with Crippen molar-refractivity contribution < 1.29 is 9.23 Å². The van der Waals surface area contributed by atoms with E-state index in [4.69, 9.17) is 4.84 Å². The molecule has 4 nitrogen and oxygen atoms in total. The molecule has 1 aromatic heterocycles. The molecule has 2 aromatic rings. The van der Waals surface area contributed by atoms with Crippen LogP contribution in [0.5, 0.6) is 0 Å². The van der Waals surface area contributed by atoms with Gasteiger partial charge < -0.3 is 4.84 Å². The lowest BCUT2D eigenvalue weighted by atomic mass is 9.86. The topological polar surface area (TPSA) is 47.4 Å². The quantitative estimate of drug-likeness (QED) is 0.797. The highest BCUT2D eigenvalue weighted by Crippen LogP contribution is 2.28. The molecule has 0 radical (unpaired) electrons. The molecule has 1 aliphatic rings. The van der Waals surface area contributed by atoms with E-state index in [0.717, 1.165) is 41.1 Å². The predicted octanol–water partition coefficient (Wildman–Crippen LogP) is 3.52. The largest absolute Gasteiger partial charge is 0.399 e. The predicted molar refractivity (Wildman–Crippen MR) is 83.2 cm³/mol. The summed E-state index contributed by atoms with van der Waals surface area (Å²) in [6.45, 7) is 3.90. The third-order valence-corrected chi connectivity index (χ3v) is 3.92. The van der Waals surface area contributed by atoms with Crippen molar-refractivity contribution in [2.45, 2.75) is 26.7 Å². The van der Waals surface area contributed by atoms with Gasteiger partial charge in [-0.2, -0.15) is 10.2 Å². The minimum Gasteiger partial charge on any atom is -0.399 e. The maximum absolute atomic E-state index is 13.4. The molecule has 0 N–H and O–H groups in total. The number of halogens is 1. The van der Waals surface area contributed by atoms with E-state index < -0.39 is 0 Å². The molecule has 1 aromatic carbocycles. The zero-order valence-corrected chi connectivity index (χ0v) is 12.9. The third-order valence-electron chi connectivity index (χ3n) is 3.92. The number of nitrogens with zero attached hydrogens (tertiary/aromatic N) is 3. The van der Waals surface area contributed by atoms with Crippen molar-refractivity contribution in [3.05, 3.63) is 46.9 Å². The maximum atomic E-state index is 13.4. The van der Waals surface area contributed by atoms with E-state index in [1.807, 2.05) is 6.07 Å². The number of benzene rings is 1. The number of rotatable bonds is 2. The molecule has 114 valence electrons. The Hall–Kier alpha value is -2.30. The standard InChI is InChI=1S/C17H18FN3O/c1-10-6-16-13(17(7-10)21-22-3)9-15(19-20-16)12-4-5-14(18)11(2)8-12/h4-5,8-10H,6-7H2,1-3H3/b21-17+. The summed E-state index contributed by atoms with van der Waals surface area (Å²) in [7, 11) is 1.55. The molecular weight excluding hydrogens is 281 g/mol. The molecule has 5 heteroatoms. The van der Waals surface area contributed by atoms with Crippen LogP contribution in [0.3, 0.4) is 0 Å². The van der Waals surface area contributed by atoms with Crippen LogP contribution in [-0.4, -0.2) is 23.0 Å². The maximum Gasteiger partial charge on any atom is 0.126 e. The van der Waals surface area contributed by atoms with Crippen molar-refractivity contribution in [3.8, 4) is 11.3 Å². The summed E-state index contributed by atoms with van der Waals surface area (Å²) in [4.78, 5) is 4.96. The number of hydrogen-bond acceptors (Lipinski definition) is 4. The number of fused-ring (bicyclic) bond motifs is 1. The summed E-state index contributed by atoms with van der Waals surface area (Å²) in [5.74, 6) is 0.250. The molecule has 3 rings (SSSR count). The molecule has 0 saturated heterocycles. The first-order valence-electron chi connectivity index (χ1n) is 7.32. The molecule has 0 spiro atoms. The zero-order chi connectivity index (χ0) is 15.7. The lowest BCUT2D eigenvalue weighted by molar-refractivity contribution is 0.212. The van der Waals surface area contributed by atoms with Crippen LogP contribution in [0.15, 0.2) is 29.4 Å². The normalized spacial score (nSPS) is 19.1. The minimum absolute atomic E-state index is 0.217. The fourth-order valence-electron chi connectivity index (χ4n) is 2.80. The second-order valence-corrected chi connectivity index (χ2v) is 5.79. The van der Waals surface area contributed by atoms with Crippen LogP contribution in [-0.2, 0) is 11.3 Å². The summed E-state index contributed by atoms with van der Waals surface area (Å²) >= 11 is 0. The summed E-state index contributed by atoms with van der Waals surface area (Å²) < 4.78 is 13.4. The van der Waals surface area contributed by atoms with Gasteiger partial charge in [0.25, 0.3) is 0 Å². The molecule has 0 amide bonds. The van der Waals surface area contributed by atoms with E-state index in [1.54, 1.807) is 26.2 Å². The van der Waals surface area contributed by atoms with E-state index in [9.17, 15) is 4.39 Å². The van der Waals surface area contributed by atoms with Gasteiger partial charge in [-0.1, -0.05) is 12.1 Å². The van der Waals surface area contributed by atoms with Crippen molar-refractivity contribution in [1.82, 2.24) is 10.2 Å². The Morgan fingerprint density at radius 3 is 2.77 bits per heavy atom. The molecule has 0 aliphatic heterocycles. The first-order chi connectivity index (χ1) is 10.6.